The van der Waals surface area contributed by atoms with E-state index in [0.29, 0.717) is 0 Å². The SMILES string of the molecule is CCC(C)OP([O-])(=S)SC(C)C.CCC(C)OP([O-])(=S)SC(C)C.[Zn+2]. The largest absolute Gasteiger partial charge is 2.00 e. The van der Waals surface area contributed by atoms with Crippen molar-refractivity contribution in [3.8, 4) is 0 Å². The zero-order valence-electron chi connectivity index (χ0n) is 16.6. The third kappa shape index (κ3) is 22.6. The summed E-state index contributed by atoms with van der Waals surface area (Å²) < 4.78 is 10.5. The molecule has 0 aliphatic rings. The Kier molecular flexibility index (Phi) is 20.9. The van der Waals surface area contributed by atoms with Crippen LogP contribution in [0.15, 0.2) is 0 Å². The van der Waals surface area contributed by atoms with Crippen LogP contribution in [0.2, 0.25) is 0 Å². The second-order valence-electron chi connectivity index (χ2n) is 5.85. The molecule has 0 bridgehead atoms. The first-order valence-corrected chi connectivity index (χ1v) is 16.3. The van der Waals surface area contributed by atoms with Crippen molar-refractivity contribution in [2.45, 2.75) is 90.9 Å². The van der Waals surface area contributed by atoms with Gasteiger partial charge in [0.05, 0.1) is 12.2 Å². The molecule has 25 heavy (non-hydrogen) atoms. The van der Waals surface area contributed by atoms with Gasteiger partial charge in [-0.1, -0.05) is 65.2 Å². The average molecular weight is 520 g/mol. The van der Waals surface area contributed by atoms with E-state index in [0.717, 1.165) is 12.8 Å². The molecule has 0 aliphatic heterocycles. The van der Waals surface area contributed by atoms with Crippen molar-refractivity contribution in [3.63, 3.8) is 0 Å². The molecule has 0 radical (unpaired) electrons. The van der Waals surface area contributed by atoms with Gasteiger partial charge in [-0.15, -0.1) is 22.8 Å². The predicted molar refractivity (Wildman–Crippen MR) is 116 cm³/mol. The van der Waals surface area contributed by atoms with Gasteiger partial charge in [0.25, 0.3) is 0 Å². The standard InChI is InChI=1S/2C7H17O2PS2.Zn/c2*1-5-7(4)9-10(8,11)12-6(2)3;/h2*6-7H,5H2,1-4H3,(H,8,11);/q;;+2/p-2. The first-order chi connectivity index (χ1) is 10.7. The molecule has 0 N–H and O–H groups in total. The maximum Gasteiger partial charge on any atom is 2.00 e. The maximum absolute atomic E-state index is 11.5. The van der Waals surface area contributed by atoms with E-state index in [1.54, 1.807) is 0 Å². The molecule has 0 saturated heterocycles. The molecule has 0 spiro atoms. The molecule has 0 aromatic heterocycles. The van der Waals surface area contributed by atoms with Crippen molar-refractivity contribution < 1.29 is 38.3 Å². The van der Waals surface area contributed by atoms with Gasteiger partial charge in [0.1, 0.15) is 0 Å². The Morgan fingerprint density at radius 3 is 1.16 bits per heavy atom. The van der Waals surface area contributed by atoms with Crippen LogP contribution in [-0.2, 0) is 52.1 Å². The fourth-order valence-electron chi connectivity index (χ4n) is 1.16. The molecule has 0 fully saturated rings. The summed E-state index contributed by atoms with van der Waals surface area (Å²) in [5.74, 6) is 0. The summed E-state index contributed by atoms with van der Waals surface area (Å²) in [4.78, 5) is 23.1. The Hall–Kier alpha value is 2.46. The van der Waals surface area contributed by atoms with Gasteiger partial charge in [0.15, 0.2) is 0 Å². The molecule has 0 saturated carbocycles. The van der Waals surface area contributed by atoms with Crippen LogP contribution in [0.25, 0.3) is 0 Å². The summed E-state index contributed by atoms with van der Waals surface area (Å²) in [6.45, 7) is 15.6. The Morgan fingerprint density at radius 1 is 0.760 bits per heavy atom. The van der Waals surface area contributed by atoms with Crippen molar-refractivity contribution in [1.82, 2.24) is 0 Å². The second kappa shape index (κ2) is 16.3. The van der Waals surface area contributed by atoms with Crippen LogP contribution < -0.4 is 9.79 Å². The molecule has 4 nitrogen and oxygen atoms in total. The molecule has 4 atom stereocenters. The second-order valence-corrected chi connectivity index (χ2v) is 18.8. The van der Waals surface area contributed by atoms with E-state index in [4.69, 9.17) is 32.7 Å². The number of hydrogen-bond acceptors (Lipinski definition) is 8. The van der Waals surface area contributed by atoms with Crippen LogP contribution in [0, 0.1) is 0 Å². The minimum Gasteiger partial charge on any atom is -0.793 e. The molecular formula is C14H32O4P2S4Zn. The Morgan fingerprint density at radius 2 is 1.00 bits per heavy atom. The van der Waals surface area contributed by atoms with Gasteiger partial charge in [-0.25, -0.2) is 0 Å². The van der Waals surface area contributed by atoms with E-state index >= 15 is 0 Å². The summed E-state index contributed by atoms with van der Waals surface area (Å²) in [6.07, 6.45) is 1.69. The van der Waals surface area contributed by atoms with E-state index in [1.165, 1.54) is 22.8 Å². The molecule has 148 valence electrons. The van der Waals surface area contributed by atoms with E-state index in [1.807, 2.05) is 55.4 Å². The van der Waals surface area contributed by atoms with Crippen molar-refractivity contribution >= 4 is 57.8 Å². The topological polar surface area (TPSA) is 64.6 Å². The summed E-state index contributed by atoms with van der Waals surface area (Å²) in [5.41, 5.74) is -5.64. The summed E-state index contributed by atoms with van der Waals surface area (Å²) in [6, 6.07) is 0. The average Bonchev–Trinajstić information content (AvgIpc) is 2.34. The molecular weight excluding hydrogens is 488 g/mol. The minimum absolute atomic E-state index is 0. The van der Waals surface area contributed by atoms with Crippen LogP contribution in [0.5, 0.6) is 0 Å². The Balaban J connectivity index is -0.000000372. The van der Waals surface area contributed by atoms with Gasteiger partial charge in [-0.3, -0.25) is 0 Å². The van der Waals surface area contributed by atoms with Gasteiger partial charge in [-0.05, 0) is 26.7 Å². The zero-order chi connectivity index (χ0) is 19.6. The van der Waals surface area contributed by atoms with E-state index in [-0.39, 0.29) is 42.2 Å². The molecule has 0 heterocycles. The monoisotopic (exact) mass is 518 g/mol. The van der Waals surface area contributed by atoms with E-state index in [9.17, 15) is 9.79 Å². The molecule has 0 aliphatic carbocycles. The first-order valence-electron chi connectivity index (χ1n) is 8.10. The van der Waals surface area contributed by atoms with Gasteiger partial charge >= 0.3 is 19.5 Å². The normalized spacial score (nSPS) is 18.4. The number of hydrogen-bond donors (Lipinski definition) is 0. The number of rotatable bonds is 10. The molecule has 0 aromatic carbocycles. The van der Waals surface area contributed by atoms with Crippen LogP contribution in [0.4, 0.5) is 0 Å². The van der Waals surface area contributed by atoms with Crippen molar-refractivity contribution in [2.24, 2.45) is 0 Å². The fraction of sp³-hybridized carbons (Fsp3) is 1.00. The fourth-order valence-corrected chi connectivity index (χ4v) is 11.7. The summed E-state index contributed by atoms with van der Waals surface area (Å²) in [5, 5.41) is 0.523. The Bertz CT molecular complexity index is 390. The van der Waals surface area contributed by atoms with E-state index < -0.39 is 11.4 Å². The zero-order valence-corrected chi connectivity index (χ0v) is 24.6. The molecule has 4 unspecified atom stereocenters. The molecule has 0 amide bonds. The van der Waals surface area contributed by atoms with E-state index in [2.05, 4.69) is 0 Å². The van der Waals surface area contributed by atoms with Crippen LogP contribution in [0.1, 0.15) is 68.2 Å². The maximum atomic E-state index is 11.5. The third-order valence-corrected chi connectivity index (χ3v) is 11.7. The van der Waals surface area contributed by atoms with Gasteiger partial charge in [-0.2, -0.15) is 0 Å². The van der Waals surface area contributed by atoms with Gasteiger partial charge in [0.2, 0.25) is 0 Å². The minimum atomic E-state index is -2.82. The van der Waals surface area contributed by atoms with Crippen molar-refractivity contribution in [2.75, 3.05) is 0 Å². The summed E-state index contributed by atoms with van der Waals surface area (Å²) in [7, 11) is 0. The molecule has 0 aromatic rings. The molecule has 11 heteroatoms. The summed E-state index contributed by atoms with van der Waals surface area (Å²) >= 11 is 12.2. The Labute approximate surface area is 186 Å². The predicted octanol–water partition coefficient (Wildman–Crippen LogP) is 5.05. The molecule has 0 rings (SSSR count). The van der Waals surface area contributed by atoms with Crippen molar-refractivity contribution in [1.29, 1.82) is 0 Å². The van der Waals surface area contributed by atoms with Crippen molar-refractivity contribution in [3.05, 3.63) is 0 Å². The third-order valence-electron chi connectivity index (χ3n) is 2.45. The van der Waals surface area contributed by atoms with Gasteiger partial charge < -0.3 is 18.8 Å². The first kappa shape index (κ1) is 32.1. The smallest absolute Gasteiger partial charge is 0.793 e. The van der Waals surface area contributed by atoms with Crippen LogP contribution >= 0.6 is 34.2 Å². The van der Waals surface area contributed by atoms with Gasteiger partial charge in [0, 0.05) is 21.9 Å². The quantitative estimate of drug-likeness (QED) is 0.293. The van der Waals surface area contributed by atoms with Crippen LogP contribution in [0.3, 0.4) is 0 Å². The van der Waals surface area contributed by atoms with Crippen LogP contribution in [-0.4, -0.2) is 22.7 Å².